The van der Waals surface area contributed by atoms with E-state index in [0.717, 1.165) is 32.6 Å². The molecule has 0 spiro atoms. The normalized spacial score (nSPS) is 38.6. The number of piperazine rings is 1. The van der Waals surface area contributed by atoms with Crippen LogP contribution in [0.3, 0.4) is 0 Å². The van der Waals surface area contributed by atoms with Gasteiger partial charge < -0.3 is 19.4 Å². The molecule has 0 aromatic rings. The highest BCUT2D eigenvalue weighted by atomic mass is 19.1. The molecule has 140 valence electrons. The second kappa shape index (κ2) is 6.83. The Morgan fingerprint density at radius 2 is 1.76 bits per heavy atom. The number of amides is 2. The number of likely N-dealkylation sites (N-methyl/N-ethyl adjacent to an activating group) is 1. The Labute approximate surface area is 148 Å². The first kappa shape index (κ1) is 17.2. The summed E-state index contributed by atoms with van der Waals surface area (Å²) < 4.78 is 19.0. The van der Waals surface area contributed by atoms with Crippen molar-refractivity contribution in [2.24, 2.45) is 11.8 Å². The first-order valence-electron chi connectivity index (χ1n) is 9.54. The average Bonchev–Trinajstić information content (AvgIpc) is 3.10. The van der Waals surface area contributed by atoms with Gasteiger partial charge >= 0.3 is 0 Å². The molecule has 3 atom stereocenters. The van der Waals surface area contributed by atoms with Gasteiger partial charge in [-0.15, -0.1) is 0 Å². The van der Waals surface area contributed by atoms with Crippen molar-refractivity contribution >= 4 is 11.8 Å². The van der Waals surface area contributed by atoms with Gasteiger partial charge in [0.2, 0.25) is 11.8 Å². The molecule has 4 aliphatic rings. The van der Waals surface area contributed by atoms with Gasteiger partial charge in [0.25, 0.3) is 0 Å². The SMILES string of the molecule is CN1CCN(C(=O)C[C@@H]2C[C@H]3CN(C(=O)C4CC(F)C4)C[C@H]3O2)CC1. The Morgan fingerprint density at radius 3 is 2.40 bits per heavy atom. The fourth-order valence-electron chi connectivity index (χ4n) is 4.56. The Morgan fingerprint density at radius 1 is 1.04 bits per heavy atom. The maximum absolute atomic E-state index is 13.0. The van der Waals surface area contributed by atoms with E-state index in [1.807, 2.05) is 9.80 Å². The van der Waals surface area contributed by atoms with Crippen molar-refractivity contribution in [2.75, 3.05) is 46.3 Å². The van der Waals surface area contributed by atoms with Gasteiger partial charge in [-0.25, -0.2) is 4.39 Å². The lowest BCUT2D eigenvalue weighted by Crippen LogP contribution is -2.47. The molecule has 0 aromatic heterocycles. The summed E-state index contributed by atoms with van der Waals surface area (Å²) in [4.78, 5) is 30.8. The molecule has 3 aliphatic heterocycles. The van der Waals surface area contributed by atoms with E-state index in [-0.39, 0.29) is 29.9 Å². The fourth-order valence-corrected chi connectivity index (χ4v) is 4.56. The number of fused-ring (bicyclic) bond motifs is 1. The van der Waals surface area contributed by atoms with Gasteiger partial charge in [0.05, 0.1) is 18.6 Å². The van der Waals surface area contributed by atoms with Gasteiger partial charge in [0, 0.05) is 51.1 Å². The van der Waals surface area contributed by atoms with Crippen molar-refractivity contribution in [1.82, 2.24) is 14.7 Å². The minimum absolute atomic E-state index is 0.0154. The van der Waals surface area contributed by atoms with Gasteiger partial charge in [-0.1, -0.05) is 0 Å². The van der Waals surface area contributed by atoms with E-state index >= 15 is 0 Å². The molecule has 0 radical (unpaired) electrons. The van der Waals surface area contributed by atoms with E-state index in [9.17, 15) is 14.0 Å². The second-order valence-electron chi connectivity index (χ2n) is 8.19. The zero-order valence-electron chi connectivity index (χ0n) is 14.9. The summed E-state index contributed by atoms with van der Waals surface area (Å²) in [6, 6.07) is 0. The summed E-state index contributed by atoms with van der Waals surface area (Å²) in [5.41, 5.74) is 0. The highest BCUT2D eigenvalue weighted by molar-refractivity contribution is 5.80. The third-order valence-electron chi connectivity index (χ3n) is 6.31. The Hall–Kier alpha value is -1.21. The van der Waals surface area contributed by atoms with Gasteiger partial charge in [0.1, 0.15) is 6.17 Å². The lowest BCUT2D eigenvalue weighted by molar-refractivity contribution is -0.141. The number of carbonyl (C=O) groups excluding carboxylic acids is 2. The van der Waals surface area contributed by atoms with E-state index in [1.165, 1.54) is 0 Å². The summed E-state index contributed by atoms with van der Waals surface area (Å²) in [5, 5.41) is 0. The van der Waals surface area contributed by atoms with Crippen molar-refractivity contribution in [1.29, 1.82) is 0 Å². The Balaban J connectivity index is 1.23. The summed E-state index contributed by atoms with van der Waals surface area (Å²) in [6.45, 7) is 4.77. The van der Waals surface area contributed by atoms with E-state index in [0.29, 0.717) is 38.3 Å². The first-order chi connectivity index (χ1) is 12.0. The molecule has 1 aliphatic carbocycles. The summed E-state index contributed by atoms with van der Waals surface area (Å²) in [5.74, 6) is 0.491. The van der Waals surface area contributed by atoms with Gasteiger partial charge in [-0.05, 0) is 26.3 Å². The van der Waals surface area contributed by atoms with Crippen molar-refractivity contribution in [3.8, 4) is 0 Å². The van der Waals surface area contributed by atoms with E-state index in [1.54, 1.807) is 0 Å². The van der Waals surface area contributed by atoms with E-state index in [4.69, 9.17) is 4.74 Å². The fraction of sp³-hybridized carbons (Fsp3) is 0.889. The van der Waals surface area contributed by atoms with Crippen LogP contribution in [0.15, 0.2) is 0 Å². The number of nitrogens with zero attached hydrogens (tertiary/aromatic N) is 3. The molecule has 0 N–H and O–H groups in total. The van der Waals surface area contributed by atoms with Crippen molar-refractivity contribution in [3.05, 3.63) is 0 Å². The standard InChI is InChI=1S/C18H28FN3O3/c1-20-2-4-21(5-3-20)17(23)9-15-8-13-10-22(11-16(13)25-15)18(24)12-6-14(19)7-12/h12-16H,2-11H2,1H3/t12?,13-,14?,15-,16+/m0/s1. The van der Waals surface area contributed by atoms with Gasteiger partial charge in [-0.2, -0.15) is 0 Å². The van der Waals surface area contributed by atoms with E-state index in [2.05, 4.69) is 11.9 Å². The number of ether oxygens (including phenoxy) is 1. The summed E-state index contributed by atoms with van der Waals surface area (Å²) in [7, 11) is 2.08. The van der Waals surface area contributed by atoms with Crippen LogP contribution in [-0.4, -0.2) is 91.2 Å². The summed E-state index contributed by atoms with van der Waals surface area (Å²) in [6.07, 6.45) is 1.31. The molecule has 0 aromatic carbocycles. The van der Waals surface area contributed by atoms with Crippen molar-refractivity contribution in [2.45, 2.75) is 44.1 Å². The van der Waals surface area contributed by atoms with Crippen LogP contribution in [0.1, 0.15) is 25.7 Å². The number of alkyl halides is 1. The number of halogens is 1. The van der Waals surface area contributed by atoms with Crippen LogP contribution in [-0.2, 0) is 14.3 Å². The maximum atomic E-state index is 13.0. The molecule has 25 heavy (non-hydrogen) atoms. The number of likely N-dealkylation sites (tertiary alicyclic amines) is 1. The first-order valence-corrected chi connectivity index (χ1v) is 9.54. The van der Waals surface area contributed by atoms with Crippen molar-refractivity contribution in [3.63, 3.8) is 0 Å². The van der Waals surface area contributed by atoms with E-state index < -0.39 is 6.17 Å². The number of carbonyl (C=O) groups is 2. The highest BCUT2D eigenvalue weighted by Gasteiger charge is 2.46. The van der Waals surface area contributed by atoms with Crippen LogP contribution in [0.4, 0.5) is 4.39 Å². The lowest BCUT2D eigenvalue weighted by Gasteiger charge is -2.33. The lowest BCUT2D eigenvalue weighted by atomic mass is 9.82. The molecule has 6 nitrogen and oxygen atoms in total. The number of rotatable bonds is 3. The van der Waals surface area contributed by atoms with Crippen LogP contribution >= 0.6 is 0 Å². The number of hydrogen-bond acceptors (Lipinski definition) is 4. The molecule has 2 amide bonds. The molecule has 3 heterocycles. The zero-order valence-corrected chi connectivity index (χ0v) is 14.9. The zero-order chi connectivity index (χ0) is 17.6. The van der Waals surface area contributed by atoms with Crippen LogP contribution in [0.5, 0.6) is 0 Å². The Bertz CT molecular complexity index is 518. The molecule has 4 fully saturated rings. The summed E-state index contributed by atoms with van der Waals surface area (Å²) >= 11 is 0. The maximum Gasteiger partial charge on any atom is 0.225 e. The molecular weight excluding hydrogens is 325 g/mol. The highest BCUT2D eigenvalue weighted by Crippen LogP contribution is 2.38. The number of hydrogen-bond donors (Lipinski definition) is 0. The molecule has 1 saturated carbocycles. The largest absolute Gasteiger partial charge is 0.372 e. The molecule has 4 rings (SSSR count). The van der Waals surface area contributed by atoms with Crippen molar-refractivity contribution < 1.29 is 18.7 Å². The smallest absolute Gasteiger partial charge is 0.225 e. The molecule has 7 heteroatoms. The van der Waals surface area contributed by atoms with Crippen LogP contribution < -0.4 is 0 Å². The minimum atomic E-state index is -0.794. The topological polar surface area (TPSA) is 53.1 Å². The van der Waals surface area contributed by atoms with Crippen LogP contribution in [0.25, 0.3) is 0 Å². The molecule has 3 saturated heterocycles. The molecular formula is C18H28FN3O3. The quantitative estimate of drug-likeness (QED) is 0.742. The monoisotopic (exact) mass is 353 g/mol. The van der Waals surface area contributed by atoms with Gasteiger partial charge in [-0.3, -0.25) is 9.59 Å². The second-order valence-corrected chi connectivity index (χ2v) is 8.19. The average molecular weight is 353 g/mol. The minimum Gasteiger partial charge on any atom is -0.372 e. The van der Waals surface area contributed by atoms with Gasteiger partial charge in [0.15, 0.2) is 0 Å². The third kappa shape index (κ3) is 3.53. The third-order valence-corrected chi connectivity index (χ3v) is 6.31. The Kier molecular flexibility index (Phi) is 4.71. The van der Waals surface area contributed by atoms with Crippen LogP contribution in [0.2, 0.25) is 0 Å². The molecule has 0 unspecified atom stereocenters. The predicted octanol–water partition coefficient (Wildman–Crippen LogP) is 0.515. The molecule has 0 bridgehead atoms. The predicted molar refractivity (Wildman–Crippen MR) is 89.7 cm³/mol. The van der Waals surface area contributed by atoms with Crippen LogP contribution in [0, 0.1) is 11.8 Å².